The van der Waals surface area contributed by atoms with Crippen LogP contribution in [0, 0.1) is 0 Å². The minimum atomic E-state index is 0.000277. The van der Waals surface area contributed by atoms with Gasteiger partial charge in [0.15, 0.2) is 5.71 Å². The predicted molar refractivity (Wildman–Crippen MR) is 153 cm³/mol. The number of likely N-dealkylation sites (N-methyl/N-ethyl adjacent to an activating group) is 1. The maximum absolute atomic E-state index is 3.98. The highest BCUT2D eigenvalue weighted by Crippen LogP contribution is 2.47. The second-order valence-corrected chi connectivity index (χ2v) is 11.9. The summed E-state index contributed by atoms with van der Waals surface area (Å²) in [6, 6.07) is 17.5. The fourth-order valence-electron chi connectivity index (χ4n) is 6.17. The molecule has 3 aliphatic rings. The fraction of sp³-hybridized carbons (Fsp3) is 0.344. The Hall–Kier alpha value is -2.65. The fourth-order valence-corrected chi connectivity index (χ4v) is 6.83. The first-order valence-corrected chi connectivity index (χ1v) is 13.5. The third-order valence-electron chi connectivity index (χ3n) is 8.22. The van der Waals surface area contributed by atoms with Crippen LogP contribution >= 0.6 is 15.9 Å². The molecule has 0 saturated heterocycles. The number of nitrogens with zero attached hydrogens (tertiary/aromatic N) is 2. The van der Waals surface area contributed by atoms with Crippen molar-refractivity contribution in [2.75, 3.05) is 19.0 Å². The Labute approximate surface area is 219 Å². The zero-order valence-corrected chi connectivity index (χ0v) is 23.4. The monoisotopic (exact) mass is 527 g/mol. The minimum absolute atomic E-state index is 0.000277. The molecule has 0 bridgehead atoms. The molecule has 0 fully saturated rings. The normalized spacial score (nSPS) is 23.1. The van der Waals surface area contributed by atoms with Crippen LogP contribution < -0.4 is 4.90 Å². The summed E-state index contributed by atoms with van der Waals surface area (Å²) in [5, 5.41) is 0. The van der Waals surface area contributed by atoms with Crippen LogP contribution in [0.5, 0.6) is 0 Å². The summed E-state index contributed by atoms with van der Waals surface area (Å²) < 4.78 is 3.60. The van der Waals surface area contributed by atoms with E-state index in [0.29, 0.717) is 0 Å². The van der Waals surface area contributed by atoms with Gasteiger partial charge < -0.3 is 4.90 Å². The van der Waals surface area contributed by atoms with Gasteiger partial charge in [-0.05, 0) is 62.0 Å². The van der Waals surface area contributed by atoms with Crippen molar-refractivity contribution in [1.29, 1.82) is 0 Å². The van der Waals surface area contributed by atoms with E-state index >= 15 is 0 Å². The van der Waals surface area contributed by atoms with Crippen molar-refractivity contribution in [3.05, 3.63) is 105 Å². The molecule has 180 valence electrons. The van der Waals surface area contributed by atoms with Crippen LogP contribution in [-0.4, -0.2) is 24.4 Å². The van der Waals surface area contributed by atoms with Gasteiger partial charge in [-0.2, -0.15) is 4.58 Å². The Bertz CT molecular complexity index is 1350. The molecule has 0 spiro atoms. The van der Waals surface area contributed by atoms with E-state index in [9.17, 15) is 0 Å². The lowest BCUT2D eigenvalue weighted by Gasteiger charge is -2.24. The topological polar surface area (TPSA) is 6.25 Å². The first-order chi connectivity index (χ1) is 16.6. The van der Waals surface area contributed by atoms with Crippen molar-refractivity contribution < 1.29 is 4.58 Å². The van der Waals surface area contributed by atoms with Crippen LogP contribution in [0.4, 0.5) is 11.4 Å². The molecule has 3 heteroatoms. The molecule has 2 aromatic carbocycles. The highest BCUT2D eigenvalue weighted by molar-refractivity contribution is 9.12. The van der Waals surface area contributed by atoms with Gasteiger partial charge in [-0.15, -0.1) is 0 Å². The van der Waals surface area contributed by atoms with Crippen molar-refractivity contribution >= 4 is 33.0 Å². The molecule has 0 amide bonds. The van der Waals surface area contributed by atoms with Gasteiger partial charge in [-0.1, -0.05) is 78.3 Å². The van der Waals surface area contributed by atoms with Crippen LogP contribution in [0.15, 0.2) is 94.2 Å². The molecule has 0 saturated carbocycles. The molecule has 2 nitrogen and oxygen atoms in total. The summed E-state index contributed by atoms with van der Waals surface area (Å²) in [5.41, 5.74) is 10.9. The van der Waals surface area contributed by atoms with E-state index in [1.165, 1.54) is 56.0 Å². The van der Waals surface area contributed by atoms with Gasteiger partial charge >= 0.3 is 0 Å². The molecular weight excluding hydrogens is 492 g/mol. The van der Waals surface area contributed by atoms with Crippen LogP contribution in [0.3, 0.4) is 0 Å². The smallest absolute Gasteiger partial charge is 0.209 e. The van der Waals surface area contributed by atoms with E-state index in [1.54, 1.807) is 0 Å². The molecule has 0 aromatic heterocycles. The summed E-state index contributed by atoms with van der Waals surface area (Å²) in [4.78, 5) is 2.35. The van der Waals surface area contributed by atoms with Gasteiger partial charge in [0.05, 0.1) is 5.41 Å². The maximum Gasteiger partial charge on any atom is 0.209 e. The SMILES string of the molecule is CN1/C(=C/C=C2\CCCC(/C=C/C3=[N+](C)c4ccccc4C3(C)C)=C2Br)C(C)(C)c2ccccc21. The Balaban J connectivity index is 1.46. The minimum Gasteiger partial charge on any atom is -0.347 e. The zero-order valence-electron chi connectivity index (χ0n) is 21.8. The Morgan fingerprint density at radius 3 is 2.26 bits per heavy atom. The number of hydrogen-bond acceptors (Lipinski definition) is 1. The van der Waals surface area contributed by atoms with Crippen LogP contribution in [0.2, 0.25) is 0 Å². The number of hydrogen-bond donors (Lipinski definition) is 0. The lowest BCUT2D eigenvalue weighted by Crippen LogP contribution is -2.26. The van der Waals surface area contributed by atoms with Gasteiger partial charge in [-0.25, -0.2) is 0 Å². The highest BCUT2D eigenvalue weighted by Gasteiger charge is 2.42. The number of fused-ring (bicyclic) bond motifs is 2. The molecule has 2 aliphatic heterocycles. The van der Waals surface area contributed by atoms with Crippen molar-refractivity contribution in [3.63, 3.8) is 0 Å². The molecule has 5 rings (SSSR count). The number of allylic oxidation sites excluding steroid dienone is 8. The molecule has 1 aliphatic carbocycles. The van der Waals surface area contributed by atoms with Gasteiger partial charge in [0.2, 0.25) is 5.69 Å². The maximum atomic E-state index is 3.98. The summed E-state index contributed by atoms with van der Waals surface area (Å²) >= 11 is 3.98. The Morgan fingerprint density at radius 2 is 1.54 bits per heavy atom. The number of halogens is 1. The average Bonchev–Trinajstić information content (AvgIpc) is 3.16. The number of anilines is 1. The van der Waals surface area contributed by atoms with E-state index < -0.39 is 0 Å². The third-order valence-corrected chi connectivity index (χ3v) is 9.24. The standard InChI is InChI=1S/C32H36BrN2/c1-31(2)24-14-7-9-16-26(24)34(5)28(31)20-18-22-12-11-13-23(30(22)33)19-21-29-32(3,4)25-15-8-10-17-27(25)35(29)6/h7-10,14-21H,11-13H2,1-6H3/q+1. The summed E-state index contributed by atoms with van der Waals surface area (Å²) in [6.07, 6.45) is 12.7. The average molecular weight is 529 g/mol. The summed E-state index contributed by atoms with van der Waals surface area (Å²) in [5.74, 6) is 0. The van der Waals surface area contributed by atoms with Gasteiger partial charge in [0.25, 0.3) is 0 Å². The van der Waals surface area contributed by atoms with Crippen LogP contribution in [-0.2, 0) is 10.8 Å². The second kappa shape index (κ2) is 8.78. The molecule has 0 atom stereocenters. The number of rotatable bonds is 3. The summed E-state index contributed by atoms with van der Waals surface area (Å²) in [7, 11) is 4.37. The van der Waals surface area contributed by atoms with Crippen molar-refractivity contribution in [2.24, 2.45) is 0 Å². The van der Waals surface area contributed by atoms with E-state index in [0.717, 1.165) is 12.8 Å². The molecule has 0 N–H and O–H groups in total. The van der Waals surface area contributed by atoms with E-state index in [-0.39, 0.29) is 10.8 Å². The molecule has 2 heterocycles. The van der Waals surface area contributed by atoms with Gasteiger partial charge in [0.1, 0.15) is 7.05 Å². The zero-order chi connectivity index (χ0) is 25.0. The quantitative estimate of drug-likeness (QED) is 0.363. The third kappa shape index (κ3) is 3.89. The van der Waals surface area contributed by atoms with E-state index in [1.807, 2.05) is 0 Å². The summed E-state index contributed by atoms with van der Waals surface area (Å²) in [6.45, 7) is 9.31. The van der Waals surface area contributed by atoms with Gasteiger partial charge in [-0.3, -0.25) is 0 Å². The van der Waals surface area contributed by atoms with Crippen LogP contribution in [0.25, 0.3) is 0 Å². The highest BCUT2D eigenvalue weighted by atomic mass is 79.9. The molecule has 35 heavy (non-hydrogen) atoms. The van der Waals surface area contributed by atoms with E-state index in [4.69, 9.17) is 0 Å². The Kier molecular flexibility index (Phi) is 6.04. The number of para-hydroxylation sites is 2. The first-order valence-electron chi connectivity index (χ1n) is 12.7. The lowest BCUT2D eigenvalue weighted by atomic mass is 9.81. The lowest BCUT2D eigenvalue weighted by molar-refractivity contribution is -0.401. The second-order valence-electron chi connectivity index (χ2n) is 11.1. The first kappa shape index (κ1) is 24.1. The van der Waals surface area contributed by atoms with Crippen molar-refractivity contribution in [1.82, 2.24) is 0 Å². The van der Waals surface area contributed by atoms with Crippen molar-refractivity contribution in [3.8, 4) is 0 Å². The largest absolute Gasteiger partial charge is 0.347 e. The number of benzene rings is 2. The molecular formula is C32H36BrN2+. The predicted octanol–water partition coefficient (Wildman–Crippen LogP) is 8.32. The van der Waals surface area contributed by atoms with Gasteiger partial charge in [0, 0.05) is 46.0 Å². The molecule has 2 aromatic rings. The molecule has 0 radical (unpaired) electrons. The Morgan fingerprint density at radius 1 is 0.857 bits per heavy atom. The van der Waals surface area contributed by atoms with E-state index in [2.05, 4.69) is 140 Å². The van der Waals surface area contributed by atoms with Crippen LogP contribution in [0.1, 0.15) is 58.1 Å². The molecule has 0 unspecified atom stereocenters. The van der Waals surface area contributed by atoms with Crippen molar-refractivity contribution in [2.45, 2.75) is 57.8 Å².